The molecule has 0 unspecified atom stereocenters. The summed E-state index contributed by atoms with van der Waals surface area (Å²) in [5.74, 6) is 1.02. The van der Waals surface area contributed by atoms with E-state index in [-0.39, 0.29) is 5.91 Å². The van der Waals surface area contributed by atoms with Crippen molar-refractivity contribution in [2.24, 2.45) is 4.99 Å². The second-order valence-corrected chi connectivity index (χ2v) is 7.03. The second kappa shape index (κ2) is 8.67. The molecule has 0 spiro atoms. The van der Waals surface area contributed by atoms with Crippen molar-refractivity contribution in [3.63, 3.8) is 0 Å². The third kappa shape index (κ3) is 4.82. The van der Waals surface area contributed by atoms with Crippen molar-refractivity contribution in [2.75, 3.05) is 25.0 Å². The average molecular weight is 356 g/mol. The number of hydrogen-bond donors (Lipinski definition) is 2. The zero-order valence-electron chi connectivity index (χ0n) is 14.5. The summed E-state index contributed by atoms with van der Waals surface area (Å²) in [6.07, 6.45) is 2.61. The van der Waals surface area contributed by atoms with Gasteiger partial charge >= 0.3 is 0 Å². The highest BCUT2D eigenvalue weighted by Crippen LogP contribution is 2.21. The van der Waals surface area contributed by atoms with Crippen LogP contribution in [-0.4, -0.2) is 32.0 Å². The Bertz CT molecular complexity index is 710. The van der Waals surface area contributed by atoms with Gasteiger partial charge < -0.3 is 15.5 Å². The molecule has 1 aliphatic rings. The Morgan fingerprint density at radius 1 is 1.24 bits per heavy atom. The van der Waals surface area contributed by atoms with Crippen LogP contribution in [0.3, 0.4) is 0 Å². The minimum absolute atomic E-state index is 0.223. The zero-order valence-corrected chi connectivity index (χ0v) is 15.3. The van der Waals surface area contributed by atoms with Crippen LogP contribution < -0.4 is 15.5 Å². The topological polar surface area (TPSA) is 56.7 Å². The Hall–Kier alpha value is -2.34. The number of guanidine groups is 1. The number of aliphatic imine (C=N–C) groups is 1. The van der Waals surface area contributed by atoms with Crippen molar-refractivity contribution in [1.29, 1.82) is 0 Å². The maximum Gasteiger partial charge on any atom is 0.227 e. The molecule has 1 aliphatic heterocycles. The first-order valence-electron chi connectivity index (χ1n) is 8.62. The Morgan fingerprint density at radius 2 is 2.08 bits per heavy atom. The van der Waals surface area contributed by atoms with Crippen molar-refractivity contribution in [2.45, 2.75) is 25.8 Å². The number of carbonyl (C=O) groups excluding carboxylic acids is 1. The van der Waals surface area contributed by atoms with E-state index in [1.54, 1.807) is 18.4 Å². The van der Waals surface area contributed by atoms with Gasteiger partial charge in [0.1, 0.15) is 0 Å². The maximum atomic E-state index is 11.8. The fourth-order valence-electron chi connectivity index (χ4n) is 2.88. The van der Waals surface area contributed by atoms with Crippen LogP contribution >= 0.6 is 11.3 Å². The van der Waals surface area contributed by atoms with E-state index >= 15 is 0 Å². The first-order valence-corrected chi connectivity index (χ1v) is 9.50. The molecule has 1 fully saturated rings. The normalized spacial score (nSPS) is 14.8. The van der Waals surface area contributed by atoms with Crippen LogP contribution in [0.25, 0.3) is 0 Å². The van der Waals surface area contributed by atoms with Crippen LogP contribution in [0.4, 0.5) is 5.69 Å². The quantitative estimate of drug-likeness (QED) is 0.618. The molecule has 0 bridgehead atoms. The molecule has 1 aromatic carbocycles. The number of carbonyl (C=O) groups is 1. The van der Waals surface area contributed by atoms with Gasteiger partial charge in [-0.2, -0.15) is 0 Å². The molecular weight excluding hydrogens is 332 g/mol. The van der Waals surface area contributed by atoms with Crippen molar-refractivity contribution in [3.05, 3.63) is 52.2 Å². The first kappa shape index (κ1) is 17.5. The predicted molar refractivity (Wildman–Crippen MR) is 104 cm³/mol. The molecule has 132 valence electrons. The molecule has 0 saturated carbocycles. The van der Waals surface area contributed by atoms with Crippen LogP contribution in [0.5, 0.6) is 0 Å². The Labute approximate surface area is 152 Å². The van der Waals surface area contributed by atoms with Gasteiger partial charge in [0, 0.05) is 43.7 Å². The molecule has 5 nitrogen and oxygen atoms in total. The van der Waals surface area contributed by atoms with Crippen molar-refractivity contribution >= 4 is 28.9 Å². The molecule has 6 heteroatoms. The van der Waals surface area contributed by atoms with E-state index in [4.69, 9.17) is 0 Å². The number of benzene rings is 1. The monoisotopic (exact) mass is 356 g/mol. The second-order valence-electron chi connectivity index (χ2n) is 6.00. The van der Waals surface area contributed by atoms with E-state index in [2.05, 4.69) is 45.3 Å². The van der Waals surface area contributed by atoms with Crippen LogP contribution in [0.1, 0.15) is 23.3 Å². The zero-order chi connectivity index (χ0) is 17.5. The summed E-state index contributed by atoms with van der Waals surface area (Å²) in [4.78, 5) is 19.3. The van der Waals surface area contributed by atoms with Crippen LogP contribution in [0.2, 0.25) is 0 Å². The highest BCUT2D eigenvalue weighted by atomic mass is 32.1. The van der Waals surface area contributed by atoms with Gasteiger partial charge in [0.15, 0.2) is 5.96 Å². The number of nitrogens with zero attached hydrogens (tertiary/aromatic N) is 2. The highest BCUT2D eigenvalue weighted by molar-refractivity contribution is 7.09. The van der Waals surface area contributed by atoms with Gasteiger partial charge in [-0.3, -0.25) is 9.79 Å². The number of thiophene rings is 1. The smallest absolute Gasteiger partial charge is 0.227 e. The lowest BCUT2D eigenvalue weighted by molar-refractivity contribution is -0.117. The van der Waals surface area contributed by atoms with Gasteiger partial charge in [-0.25, -0.2) is 0 Å². The largest absolute Gasteiger partial charge is 0.356 e. The van der Waals surface area contributed by atoms with Gasteiger partial charge in [-0.05, 0) is 42.0 Å². The molecule has 0 aliphatic carbocycles. The molecule has 1 aromatic heterocycles. The lowest BCUT2D eigenvalue weighted by atomic mass is 10.2. The molecule has 1 amide bonds. The van der Waals surface area contributed by atoms with Gasteiger partial charge in [-0.1, -0.05) is 18.2 Å². The average Bonchev–Trinajstić information content (AvgIpc) is 3.30. The van der Waals surface area contributed by atoms with Crippen molar-refractivity contribution in [3.8, 4) is 0 Å². The lowest BCUT2D eigenvalue weighted by Gasteiger charge is -2.16. The lowest BCUT2D eigenvalue weighted by Crippen LogP contribution is -2.37. The Balaban J connectivity index is 1.45. The molecule has 2 aromatic rings. The fourth-order valence-corrected chi connectivity index (χ4v) is 3.59. The number of hydrogen-bond acceptors (Lipinski definition) is 3. The minimum Gasteiger partial charge on any atom is -0.356 e. The third-order valence-electron chi connectivity index (χ3n) is 4.25. The summed E-state index contributed by atoms with van der Waals surface area (Å²) in [5.41, 5.74) is 2.15. The summed E-state index contributed by atoms with van der Waals surface area (Å²) >= 11 is 1.78. The van der Waals surface area contributed by atoms with Crippen molar-refractivity contribution in [1.82, 2.24) is 10.6 Å². The van der Waals surface area contributed by atoms with Gasteiger partial charge in [0.05, 0.1) is 0 Å². The minimum atomic E-state index is 0.223. The number of anilines is 1. The molecule has 3 rings (SSSR count). The van der Waals surface area contributed by atoms with Gasteiger partial charge in [-0.15, -0.1) is 11.3 Å². The number of amides is 1. The highest BCUT2D eigenvalue weighted by Gasteiger charge is 2.21. The number of rotatable bonds is 6. The van der Waals surface area contributed by atoms with Crippen LogP contribution in [0, 0.1) is 0 Å². The fraction of sp³-hybridized carbons (Fsp3) is 0.368. The third-order valence-corrected chi connectivity index (χ3v) is 5.19. The Morgan fingerprint density at radius 3 is 2.72 bits per heavy atom. The van der Waals surface area contributed by atoms with E-state index in [0.717, 1.165) is 43.1 Å². The summed E-state index contributed by atoms with van der Waals surface area (Å²) in [5, 5.41) is 8.76. The van der Waals surface area contributed by atoms with E-state index in [1.807, 2.05) is 17.0 Å². The molecule has 2 N–H and O–H groups in total. The summed E-state index contributed by atoms with van der Waals surface area (Å²) in [6.45, 7) is 2.39. The van der Waals surface area contributed by atoms with Crippen LogP contribution in [0.15, 0.2) is 46.8 Å². The first-order chi connectivity index (χ1) is 12.3. The van der Waals surface area contributed by atoms with Gasteiger partial charge in [0.25, 0.3) is 0 Å². The maximum absolute atomic E-state index is 11.8. The van der Waals surface area contributed by atoms with E-state index in [9.17, 15) is 4.79 Å². The molecule has 2 heterocycles. The predicted octanol–water partition coefficient (Wildman–Crippen LogP) is 2.78. The molecule has 25 heavy (non-hydrogen) atoms. The van der Waals surface area contributed by atoms with E-state index in [0.29, 0.717) is 13.0 Å². The molecular formula is C19H24N4OS. The SMILES string of the molecule is CN=C(NCCc1cccs1)NCc1ccc(N2CCCC2=O)cc1. The van der Waals surface area contributed by atoms with Crippen LogP contribution in [-0.2, 0) is 17.8 Å². The van der Waals surface area contributed by atoms with Gasteiger partial charge in [0.2, 0.25) is 5.91 Å². The Kier molecular flexibility index (Phi) is 6.06. The summed E-state index contributed by atoms with van der Waals surface area (Å²) in [6, 6.07) is 12.4. The standard InChI is InChI=1S/C19H24N4OS/c1-20-19(21-11-10-17-4-3-13-25-17)22-14-15-6-8-16(9-7-15)23-12-2-5-18(23)24/h3-4,6-9,13H,2,5,10-12,14H2,1H3,(H2,20,21,22). The summed E-state index contributed by atoms with van der Waals surface area (Å²) in [7, 11) is 1.78. The molecule has 1 saturated heterocycles. The molecule has 0 atom stereocenters. The van der Waals surface area contributed by atoms with Crippen molar-refractivity contribution < 1.29 is 4.79 Å². The molecule has 0 radical (unpaired) electrons. The van der Waals surface area contributed by atoms with E-state index in [1.165, 1.54) is 4.88 Å². The summed E-state index contributed by atoms with van der Waals surface area (Å²) < 4.78 is 0. The van der Waals surface area contributed by atoms with E-state index < -0.39 is 0 Å². The number of nitrogens with one attached hydrogen (secondary N) is 2.